The van der Waals surface area contributed by atoms with Crippen molar-refractivity contribution < 1.29 is 34.8 Å². The van der Waals surface area contributed by atoms with Gasteiger partial charge in [-0.2, -0.15) is 0 Å². The molecular weight excluding hydrogens is 328 g/mol. The molecule has 1 heterocycles. The summed E-state index contributed by atoms with van der Waals surface area (Å²) in [5.74, 6) is -1.78. The zero-order valence-corrected chi connectivity index (χ0v) is 14.1. The van der Waals surface area contributed by atoms with E-state index in [4.69, 9.17) is 4.74 Å². The molecule has 0 saturated carbocycles. The van der Waals surface area contributed by atoms with Gasteiger partial charge in [-0.05, 0) is 31.4 Å². The van der Waals surface area contributed by atoms with E-state index in [0.29, 0.717) is 19.3 Å². The number of hydrogen-bond acceptors (Lipinski definition) is 7. The first-order chi connectivity index (χ1) is 11.8. The van der Waals surface area contributed by atoms with Gasteiger partial charge >= 0.3 is 5.97 Å². The summed E-state index contributed by atoms with van der Waals surface area (Å²) in [4.78, 5) is 24.6. The van der Waals surface area contributed by atoms with Crippen LogP contribution in [0.1, 0.15) is 54.9 Å². The molecule has 0 radical (unpaired) electrons. The van der Waals surface area contributed by atoms with E-state index < -0.39 is 30.0 Å². The van der Waals surface area contributed by atoms with Gasteiger partial charge in [0.2, 0.25) is 0 Å². The number of rotatable bonds is 2. The highest BCUT2D eigenvalue weighted by Gasteiger charge is 2.29. The van der Waals surface area contributed by atoms with E-state index in [1.807, 2.05) is 0 Å². The summed E-state index contributed by atoms with van der Waals surface area (Å²) in [6.07, 6.45) is -0.958. The number of phenolic OH excluding ortho intramolecular Hbond substituents is 2. The summed E-state index contributed by atoms with van der Waals surface area (Å²) in [6.45, 7) is 1.53. The van der Waals surface area contributed by atoms with E-state index >= 15 is 0 Å². The van der Waals surface area contributed by atoms with Gasteiger partial charge in [-0.1, -0.05) is 6.42 Å². The first kappa shape index (κ1) is 19.2. The number of fused-ring (bicyclic) bond motifs is 1. The van der Waals surface area contributed by atoms with Crippen molar-refractivity contribution in [3.8, 4) is 11.5 Å². The van der Waals surface area contributed by atoms with Crippen LogP contribution in [0.5, 0.6) is 11.5 Å². The Morgan fingerprint density at radius 2 is 1.96 bits per heavy atom. The third kappa shape index (κ3) is 5.17. The molecule has 0 aliphatic carbocycles. The molecule has 1 aliphatic heterocycles. The van der Waals surface area contributed by atoms with Crippen LogP contribution in [0.2, 0.25) is 0 Å². The van der Waals surface area contributed by atoms with Crippen LogP contribution in [-0.2, 0) is 16.0 Å². The maximum Gasteiger partial charge on any atom is 0.342 e. The minimum atomic E-state index is -0.976. The van der Waals surface area contributed by atoms with Crippen LogP contribution in [0.3, 0.4) is 0 Å². The smallest absolute Gasteiger partial charge is 0.342 e. The van der Waals surface area contributed by atoms with Crippen molar-refractivity contribution in [3.63, 3.8) is 0 Å². The highest BCUT2D eigenvalue weighted by Crippen LogP contribution is 2.30. The lowest BCUT2D eigenvalue weighted by Crippen LogP contribution is -2.34. The number of esters is 1. The summed E-state index contributed by atoms with van der Waals surface area (Å²) in [5.41, 5.74) is -0.0205. The molecule has 3 unspecified atom stereocenters. The van der Waals surface area contributed by atoms with E-state index in [-0.39, 0.29) is 41.9 Å². The molecule has 7 nitrogen and oxygen atoms in total. The number of aromatic hydroxyl groups is 2. The normalized spacial score (nSPS) is 23.8. The second-order valence-electron chi connectivity index (χ2n) is 6.56. The molecule has 0 amide bonds. The second-order valence-corrected chi connectivity index (χ2v) is 6.56. The van der Waals surface area contributed by atoms with Crippen molar-refractivity contribution in [2.75, 3.05) is 0 Å². The predicted molar refractivity (Wildman–Crippen MR) is 88.5 cm³/mol. The predicted octanol–water partition coefficient (Wildman–Crippen LogP) is 1.44. The number of Topliss-reactive ketones (excluding diaryl/α,β-unsaturated/α-hetero) is 1. The summed E-state index contributed by atoms with van der Waals surface area (Å²) in [6, 6.07) is 2.25. The number of hydrogen-bond donors (Lipinski definition) is 4. The molecule has 0 saturated heterocycles. The van der Waals surface area contributed by atoms with Crippen LogP contribution < -0.4 is 0 Å². The third-order valence-electron chi connectivity index (χ3n) is 4.24. The molecule has 0 spiro atoms. The molecule has 25 heavy (non-hydrogen) atoms. The van der Waals surface area contributed by atoms with Crippen LogP contribution >= 0.6 is 0 Å². The number of ether oxygens (including phenoxy) is 1. The van der Waals surface area contributed by atoms with Crippen molar-refractivity contribution in [1.82, 2.24) is 0 Å². The van der Waals surface area contributed by atoms with E-state index in [0.717, 1.165) is 6.07 Å². The number of ketones is 1. The van der Waals surface area contributed by atoms with Gasteiger partial charge in [-0.3, -0.25) is 4.79 Å². The van der Waals surface area contributed by atoms with Crippen LogP contribution in [0.15, 0.2) is 12.1 Å². The standard InChI is InChI=1S/C18H24O7/c1-10(19)6-16-14(22)5-3-2-4-12(20)7-11-8-13(21)9-15(23)17(11)18(24)25-16/h8-10,14,16,19,21-23H,2-7H2,1H3. The molecule has 3 atom stereocenters. The van der Waals surface area contributed by atoms with Gasteiger partial charge in [0.1, 0.15) is 28.9 Å². The third-order valence-corrected chi connectivity index (χ3v) is 4.24. The summed E-state index contributed by atoms with van der Waals surface area (Å²) in [7, 11) is 0. The monoisotopic (exact) mass is 352 g/mol. The van der Waals surface area contributed by atoms with Gasteiger partial charge in [-0.25, -0.2) is 4.79 Å². The number of carbonyl (C=O) groups is 2. The van der Waals surface area contributed by atoms with Crippen molar-refractivity contribution in [2.45, 2.75) is 63.8 Å². The van der Waals surface area contributed by atoms with Gasteiger partial charge in [0.15, 0.2) is 0 Å². The van der Waals surface area contributed by atoms with Crippen molar-refractivity contribution in [3.05, 3.63) is 23.3 Å². The Kier molecular flexibility index (Phi) is 6.39. The molecule has 0 fully saturated rings. The first-order valence-corrected chi connectivity index (χ1v) is 8.41. The van der Waals surface area contributed by atoms with E-state index in [9.17, 15) is 30.0 Å². The Hall–Kier alpha value is -2.12. The SMILES string of the molecule is CC(O)CC1OC(=O)c2c(O)cc(O)cc2CC(=O)CCCCC1O. The second kappa shape index (κ2) is 8.31. The summed E-state index contributed by atoms with van der Waals surface area (Å²) >= 11 is 0. The van der Waals surface area contributed by atoms with E-state index in [1.165, 1.54) is 13.0 Å². The Morgan fingerprint density at radius 1 is 1.24 bits per heavy atom. The van der Waals surface area contributed by atoms with Crippen molar-refractivity contribution >= 4 is 11.8 Å². The lowest BCUT2D eigenvalue weighted by atomic mass is 9.96. The molecule has 1 aliphatic rings. The minimum absolute atomic E-state index is 0.0556. The summed E-state index contributed by atoms with van der Waals surface area (Å²) in [5, 5.41) is 39.6. The van der Waals surface area contributed by atoms with Gasteiger partial charge in [0, 0.05) is 25.3 Å². The molecule has 1 aromatic rings. The lowest BCUT2D eigenvalue weighted by molar-refractivity contribution is -0.118. The van der Waals surface area contributed by atoms with Crippen LogP contribution in [-0.4, -0.2) is 50.5 Å². The van der Waals surface area contributed by atoms with E-state index in [1.54, 1.807) is 0 Å². The quantitative estimate of drug-likeness (QED) is 0.594. The number of aliphatic hydroxyl groups excluding tert-OH is 2. The molecule has 2 rings (SSSR count). The topological polar surface area (TPSA) is 124 Å². The largest absolute Gasteiger partial charge is 0.508 e. The number of cyclic esters (lactones) is 1. The number of phenols is 2. The molecule has 4 N–H and O–H groups in total. The maximum atomic E-state index is 12.5. The number of aliphatic hydroxyl groups is 2. The zero-order valence-electron chi connectivity index (χ0n) is 14.1. The molecule has 1 aromatic carbocycles. The number of benzene rings is 1. The fourth-order valence-electron chi connectivity index (χ4n) is 3.02. The maximum absolute atomic E-state index is 12.5. The number of carbonyl (C=O) groups excluding carboxylic acids is 2. The molecule has 7 heteroatoms. The highest BCUT2D eigenvalue weighted by atomic mass is 16.6. The fraction of sp³-hybridized carbons (Fsp3) is 0.556. The summed E-state index contributed by atoms with van der Waals surface area (Å²) < 4.78 is 5.33. The van der Waals surface area contributed by atoms with Gasteiger partial charge in [0.25, 0.3) is 0 Å². The molecule has 0 bridgehead atoms. The Balaban J connectivity index is 2.40. The molecular formula is C18H24O7. The Morgan fingerprint density at radius 3 is 2.64 bits per heavy atom. The molecule has 138 valence electrons. The Bertz CT molecular complexity index is 639. The van der Waals surface area contributed by atoms with Gasteiger partial charge < -0.3 is 25.2 Å². The van der Waals surface area contributed by atoms with Crippen LogP contribution in [0.25, 0.3) is 0 Å². The average Bonchev–Trinajstić information content (AvgIpc) is 2.48. The van der Waals surface area contributed by atoms with Gasteiger partial charge in [0.05, 0.1) is 12.2 Å². The van der Waals surface area contributed by atoms with Crippen molar-refractivity contribution in [1.29, 1.82) is 0 Å². The molecule has 0 aromatic heterocycles. The minimum Gasteiger partial charge on any atom is -0.508 e. The lowest BCUT2D eigenvalue weighted by Gasteiger charge is -2.25. The van der Waals surface area contributed by atoms with Crippen LogP contribution in [0.4, 0.5) is 0 Å². The Labute approximate surface area is 145 Å². The average molecular weight is 352 g/mol. The van der Waals surface area contributed by atoms with Crippen molar-refractivity contribution in [2.24, 2.45) is 0 Å². The highest BCUT2D eigenvalue weighted by molar-refractivity contribution is 5.96. The van der Waals surface area contributed by atoms with Gasteiger partial charge in [-0.15, -0.1) is 0 Å². The van der Waals surface area contributed by atoms with E-state index in [2.05, 4.69) is 0 Å². The first-order valence-electron chi connectivity index (χ1n) is 8.41. The fourth-order valence-corrected chi connectivity index (χ4v) is 3.02. The van der Waals surface area contributed by atoms with Crippen LogP contribution in [0, 0.1) is 0 Å². The zero-order chi connectivity index (χ0) is 18.6.